The van der Waals surface area contributed by atoms with Gasteiger partial charge in [0.15, 0.2) is 0 Å². The third-order valence-corrected chi connectivity index (χ3v) is 8.63. The second-order valence-corrected chi connectivity index (χ2v) is 10.2. The lowest BCUT2D eigenvalue weighted by Gasteiger charge is -2.42. The summed E-state index contributed by atoms with van der Waals surface area (Å²) >= 11 is 0. The van der Waals surface area contributed by atoms with Gasteiger partial charge < -0.3 is 14.8 Å². The largest absolute Gasteiger partial charge is 0.350 e. The Morgan fingerprint density at radius 3 is 1.52 bits per heavy atom. The van der Waals surface area contributed by atoms with E-state index in [2.05, 4.69) is 0 Å². The van der Waals surface area contributed by atoms with Crippen LogP contribution in [0, 0.1) is 0 Å². The molecule has 0 aliphatic heterocycles. The van der Waals surface area contributed by atoms with Gasteiger partial charge in [0.25, 0.3) is 0 Å². The minimum absolute atomic E-state index is 0.0838. The predicted molar refractivity (Wildman–Crippen MR) is 93.5 cm³/mol. The zero-order chi connectivity index (χ0) is 16.2. The van der Waals surface area contributed by atoms with Gasteiger partial charge in [-0.25, -0.2) is 0 Å². The Kier molecular flexibility index (Phi) is 6.23. The normalized spacial score (nSPS) is 27.9. The summed E-state index contributed by atoms with van der Waals surface area (Å²) in [5.74, 6) is 0. The highest BCUT2D eigenvalue weighted by Crippen LogP contribution is 2.65. The second kappa shape index (κ2) is 7.99. The topological polar surface area (TPSA) is 61.6 Å². The molecule has 134 valence electrons. The zero-order valence-electron chi connectivity index (χ0n) is 14.5. The summed E-state index contributed by atoms with van der Waals surface area (Å²) in [5, 5.41) is -0.750. The van der Waals surface area contributed by atoms with Crippen LogP contribution in [0.5, 0.6) is 0 Å². The van der Waals surface area contributed by atoms with Gasteiger partial charge in [-0.2, -0.15) is 0 Å². The highest BCUT2D eigenvalue weighted by Gasteiger charge is 2.51. The molecule has 3 fully saturated rings. The minimum atomic E-state index is -3.27. The summed E-state index contributed by atoms with van der Waals surface area (Å²) in [6.45, 7) is 0. The van der Waals surface area contributed by atoms with Crippen LogP contribution in [-0.2, 0) is 13.6 Å². The molecule has 0 bridgehead atoms. The summed E-state index contributed by atoms with van der Waals surface area (Å²) < 4.78 is 26.3. The third-order valence-electron chi connectivity index (χ3n) is 5.94. The molecule has 23 heavy (non-hydrogen) atoms. The first-order chi connectivity index (χ1) is 11.1. The molecule has 0 heterocycles. The van der Waals surface area contributed by atoms with Crippen molar-refractivity contribution >= 4 is 7.60 Å². The molecule has 0 aromatic heterocycles. The highest BCUT2D eigenvalue weighted by molar-refractivity contribution is 7.55. The van der Waals surface area contributed by atoms with Gasteiger partial charge in [-0.05, 0) is 38.5 Å². The van der Waals surface area contributed by atoms with Crippen molar-refractivity contribution in [2.24, 2.45) is 5.73 Å². The van der Waals surface area contributed by atoms with E-state index < -0.39 is 12.9 Å². The number of nitrogens with two attached hydrogens (primary N) is 1. The maximum Gasteiger partial charge on any atom is 0.350 e. The van der Waals surface area contributed by atoms with Gasteiger partial charge in [0, 0.05) is 0 Å². The van der Waals surface area contributed by atoms with Gasteiger partial charge in [-0.1, -0.05) is 57.8 Å². The van der Waals surface area contributed by atoms with Crippen LogP contribution in [-0.4, -0.2) is 17.5 Å². The van der Waals surface area contributed by atoms with E-state index in [0.717, 1.165) is 51.4 Å². The molecular formula is C18H34NO3P. The molecule has 4 nitrogen and oxygen atoms in total. The fraction of sp³-hybridized carbons (Fsp3) is 1.00. The number of hydrogen-bond acceptors (Lipinski definition) is 4. The molecule has 0 aromatic rings. The standard InChI is InChI=1S/C18H34NO3P/c19-18(14-8-3-9-15-18)23(20,21-16-10-4-1-5-11-16)22-17-12-6-2-7-13-17/h16-17H,1-15,19H2. The maximum atomic E-state index is 13.9. The lowest BCUT2D eigenvalue weighted by Crippen LogP contribution is -2.44. The summed E-state index contributed by atoms with van der Waals surface area (Å²) in [5.41, 5.74) is 6.66. The molecule has 0 unspecified atom stereocenters. The van der Waals surface area contributed by atoms with Gasteiger partial charge in [0.1, 0.15) is 5.28 Å². The molecule has 0 spiro atoms. The van der Waals surface area contributed by atoms with E-state index >= 15 is 0 Å². The predicted octanol–water partition coefficient (Wildman–Crippen LogP) is 5.50. The number of hydrogen-bond donors (Lipinski definition) is 1. The van der Waals surface area contributed by atoms with E-state index in [1.165, 1.54) is 44.9 Å². The van der Waals surface area contributed by atoms with Gasteiger partial charge >= 0.3 is 7.60 Å². The SMILES string of the molecule is NC1(P(=O)(OC2CCCCC2)OC2CCCCC2)CCCCC1. The molecule has 3 rings (SSSR count). The second-order valence-electron chi connectivity index (χ2n) is 7.89. The van der Waals surface area contributed by atoms with E-state index in [9.17, 15) is 4.57 Å². The Bertz CT molecular complexity index is 386. The van der Waals surface area contributed by atoms with Crippen LogP contribution in [0.2, 0.25) is 0 Å². The molecule has 0 amide bonds. The molecule has 0 aromatic carbocycles. The van der Waals surface area contributed by atoms with Crippen LogP contribution in [0.3, 0.4) is 0 Å². The van der Waals surface area contributed by atoms with Crippen LogP contribution < -0.4 is 5.73 Å². The molecule has 3 aliphatic rings. The van der Waals surface area contributed by atoms with Gasteiger partial charge in [-0.3, -0.25) is 4.57 Å². The average molecular weight is 343 g/mol. The zero-order valence-corrected chi connectivity index (χ0v) is 15.4. The number of rotatable bonds is 5. The minimum Gasteiger partial charge on any atom is -0.315 e. The smallest absolute Gasteiger partial charge is 0.315 e. The monoisotopic (exact) mass is 343 g/mol. The summed E-state index contributed by atoms with van der Waals surface area (Å²) in [6, 6.07) is 0. The Morgan fingerprint density at radius 1 is 0.696 bits per heavy atom. The Balaban J connectivity index is 1.74. The van der Waals surface area contributed by atoms with Crippen LogP contribution in [0.4, 0.5) is 0 Å². The summed E-state index contributed by atoms with van der Waals surface area (Å²) in [4.78, 5) is 0. The molecule has 3 aliphatic carbocycles. The van der Waals surface area contributed by atoms with Crippen molar-refractivity contribution in [2.75, 3.05) is 0 Å². The van der Waals surface area contributed by atoms with Crippen molar-refractivity contribution in [3.05, 3.63) is 0 Å². The maximum absolute atomic E-state index is 13.9. The first-order valence-electron chi connectivity index (χ1n) is 9.87. The highest BCUT2D eigenvalue weighted by atomic mass is 31.2. The van der Waals surface area contributed by atoms with Gasteiger partial charge in [0.2, 0.25) is 0 Å². The van der Waals surface area contributed by atoms with Gasteiger partial charge in [-0.15, -0.1) is 0 Å². The van der Waals surface area contributed by atoms with E-state index in [1.54, 1.807) is 0 Å². The van der Waals surface area contributed by atoms with E-state index in [1.807, 2.05) is 0 Å². The Morgan fingerprint density at radius 2 is 1.09 bits per heavy atom. The fourth-order valence-corrected chi connectivity index (χ4v) is 6.95. The summed E-state index contributed by atoms with van der Waals surface area (Å²) in [7, 11) is -3.27. The van der Waals surface area contributed by atoms with Crippen LogP contribution in [0.25, 0.3) is 0 Å². The van der Waals surface area contributed by atoms with Crippen molar-refractivity contribution in [2.45, 2.75) is 114 Å². The Hall–Kier alpha value is 0.110. The fourth-order valence-electron chi connectivity index (χ4n) is 4.41. The molecule has 0 saturated heterocycles. The Labute approximate surface area is 141 Å². The lowest BCUT2D eigenvalue weighted by molar-refractivity contribution is 0.0634. The lowest BCUT2D eigenvalue weighted by atomic mass is 9.95. The molecule has 2 N–H and O–H groups in total. The molecule has 3 saturated carbocycles. The molecule has 0 atom stereocenters. The molecule has 5 heteroatoms. The first-order valence-corrected chi connectivity index (χ1v) is 11.4. The summed E-state index contributed by atoms with van der Waals surface area (Å²) in [6.07, 6.45) is 16.3. The van der Waals surface area contributed by atoms with E-state index in [-0.39, 0.29) is 12.2 Å². The van der Waals surface area contributed by atoms with Gasteiger partial charge in [0.05, 0.1) is 12.2 Å². The average Bonchev–Trinajstić information content (AvgIpc) is 2.57. The molecule has 0 radical (unpaired) electrons. The van der Waals surface area contributed by atoms with Crippen molar-refractivity contribution in [1.82, 2.24) is 0 Å². The van der Waals surface area contributed by atoms with Crippen molar-refractivity contribution in [3.63, 3.8) is 0 Å². The van der Waals surface area contributed by atoms with Crippen molar-refractivity contribution in [1.29, 1.82) is 0 Å². The quantitative estimate of drug-likeness (QED) is 0.670. The third kappa shape index (κ3) is 4.39. The van der Waals surface area contributed by atoms with Crippen molar-refractivity contribution < 1.29 is 13.6 Å². The van der Waals surface area contributed by atoms with Crippen LogP contribution in [0.15, 0.2) is 0 Å². The van der Waals surface area contributed by atoms with E-state index in [4.69, 9.17) is 14.8 Å². The van der Waals surface area contributed by atoms with Crippen LogP contribution in [0.1, 0.15) is 96.3 Å². The van der Waals surface area contributed by atoms with Crippen LogP contribution >= 0.6 is 7.60 Å². The van der Waals surface area contributed by atoms with Crippen molar-refractivity contribution in [3.8, 4) is 0 Å². The first kappa shape index (κ1) is 17.9. The van der Waals surface area contributed by atoms with E-state index in [0.29, 0.717) is 0 Å². The molecular weight excluding hydrogens is 309 g/mol.